The Morgan fingerprint density at radius 2 is 2.00 bits per heavy atom. The molecule has 0 bridgehead atoms. The monoisotopic (exact) mass is 618 g/mol. The van der Waals surface area contributed by atoms with E-state index in [0.29, 0.717) is 61.7 Å². The van der Waals surface area contributed by atoms with E-state index in [9.17, 15) is 18.4 Å². The van der Waals surface area contributed by atoms with Crippen LogP contribution in [0.15, 0.2) is 49.2 Å². The third-order valence-corrected chi connectivity index (χ3v) is 8.60. The van der Waals surface area contributed by atoms with Crippen molar-refractivity contribution >= 4 is 52.5 Å². The van der Waals surface area contributed by atoms with Gasteiger partial charge in [-0.05, 0) is 49.1 Å². The molecule has 3 aliphatic heterocycles. The highest BCUT2D eigenvalue weighted by Crippen LogP contribution is 2.42. The van der Waals surface area contributed by atoms with Gasteiger partial charge in [0.1, 0.15) is 23.6 Å². The molecule has 45 heavy (non-hydrogen) atoms. The Labute approximate surface area is 260 Å². The van der Waals surface area contributed by atoms with Crippen LogP contribution in [0, 0.1) is 5.82 Å². The van der Waals surface area contributed by atoms with E-state index in [1.807, 2.05) is 18.0 Å². The zero-order valence-corrected chi connectivity index (χ0v) is 25.3. The molecule has 0 spiro atoms. The van der Waals surface area contributed by atoms with E-state index in [2.05, 4.69) is 37.0 Å². The predicted octanol–water partition coefficient (Wildman–Crippen LogP) is 4.40. The Morgan fingerprint density at radius 1 is 1.18 bits per heavy atom. The maximum Gasteiger partial charge on any atom is 0.247 e. The summed E-state index contributed by atoms with van der Waals surface area (Å²) in [7, 11) is 3.45. The number of anilines is 7. The molecule has 2 fully saturated rings. The summed E-state index contributed by atoms with van der Waals surface area (Å²) < 4.78 is 34.1. The molecule has 3 aromatic rings. The fourth-order valence-corrected chi connectivity index (χ4v) is 6.31. The van der Waals surface area contributed by atoms with E-state index in [4.69, 9.17) is 4.74 Å². The van der Waals surface area contributed by atoms with Crippen molar-refractivity contribution in [1.82, 2.24) is 14.9 Å². The van der Waals surface area contributed by atoms with E-state index >= 15 is 0 Å². The summed E-state index contributed by atoms with van der Waals surface area (Å²) in [4.78, 5) is 41.3. The number of hydrogen-bond donors (Lipinski definition) is 2. The van der Waals surface area contributed by atoms with Crippen molar-refractivity contribution < 1.29 is 23.1 Å². The predicted molar refractivity (Wildman–Crippen MR) is 170 cm³/mol. The van der Waals surface area contributed by atoms with Gasteiger partial charge in [-0.15, -0.1) is 0 Å². The van der Waals surface area contributed by atoms with Gasteiger partial charge in [0.2, 0.25) is 18.3 Å². The molecule has 0 radical (unpaired) electrons. The standard InChI is InChI=1S/C32H36F2N8O3/c1-4-30(44)36-24-14-25(28(45-3)15-26(24)41-17-23(18-41)40-11-8-21(33)16-40)37-32-35-9-7-29(38-32)42(19-43)27-13-22(34)12-20-6-5-10-39(2)31(20)27/h4,7,9,12-15,19,21,23H,1,5-6,8,10-11,16-18H2,2-3H3,(H,36,44)(H,35,37,38). The number of likely N-dealkylation sites (tertiary alicyclic amines) is 1. The van der Waals surface area contributed by atoms with Crippen LogP contribution in [0.3, 0.4) is 0 Å². The fourth-order valence-electron chi connectivity index (χ4n) is 6.31. The number of ether oxygens (including phenoxy) is 1. The third-order valence-electron chi connectivity index (χ3n) is 8.60. The summed E-state index contributed by atoms with van der Waals surface area (Å²) in [5.74, 6) is 0.0559. The van der Waals surface area contributed by atoms with E-state index in [1.54, 1.807) is 12.1 Å². The van der Waals surface area contributed by atoms with E-state index in [0.717, 1.165) is 36.4 Å². The number of rotatable bonds is 10. The molecule has 1 atom stereocenters. The second-order valence-corrected chi connectivity index (χ2v) is 11.5. The van der Waals surface area contributed by atoms with Crippen LogP contribution in [0.2, 0.25) is 0 Å². The Balaban J connectivity index is 1.29. The number of hydrogen-bond acceptors (Lipinski definition) is 9. The number of nitrogens with zero attached hydrogens (tertiary/aromatic N) is 6. The van der Waals surface area contributed by atoms with Gasteiger partial charge in [-0.3, -0.25) is 19.4 Å². The third kappa shape index (κ3) is 6.12. The summed E-state index contributed by atoms with van der Waals surface area (Å²) in [6.07, 6.45) is 4.67. The molecule has 3 aliphatic rings. The zero-order chi connectivity index (χ0) is 31.7. The van der Waals surface area contributed by atoms with Crippen LogP contribution in [0.4, 0.5) is 49.0 Å². The molecule has 6 rings (SSSR count). The topological polar surface area (TPSA) is 106 Å². The van der Waals surface area contributed by atoms with Gasteiger partial charge in [0.25, 0.3) is 0 Å². The SMILES string of the molecule is C=CC(=O)Nc1cc(Nc2nccc(N(C=O)c3cc(F)cc4c3N(C)CCC4)n2)c(OC)cc1N1CC(N2CCC(F)C2)C1. The summed E-state index contributed by atoms with van der Waals surface area (Å²) >= 11 is 0. The zero-order valence-electron chi connectivity index (χ0n) is 25.3. The largest absolute Gasteiger partial charge is 0.494 e. The minimum atomic E-state index is -0.785. The van der Waals surface area contributed by atoms with Crippen molar-refractivity contribution in [3.63, 3.8) is 0 Å². The van der Waals surface area contributed by atoms with E-state index in [1.165, 1.54) is 36.4 Å². The van der Waals surface area contributed by atoms with E-state index in [-0.39, 0.29) is 23.7 Å². The second kappa shape index (κ2) is 12.7. The summed E-state index contributed by atoms with van der Waals surface area (Å²) in [5.41, 5.74) is 3.75. The lowest BCUT2D eigenvalue weighted by Gasteiger charge is -2.46. The summed E-state index contributed by atoms with van der Waals surface area (Å²) in [6, 6.07) is 8.19. The summed E-state index contributed by atoms with van der Waals surface area (Å²) in [6.45, 7) is 6.91. The first kappa shape index (κ1) is 30.3. The van der Waals surface area contributed by atoms with Gasteiger partial charge in [0.05, 0.1) is 35.5 Å². The van der Waals surface area contributed by atoms with Crippen LogP contribution < -0.4 is 30.1 Å². The average molecular weight is 619 g/mol. The van der Waals surface area contributed by atoms with Crippen LogP contribution in [-0.2, 0) is 16.0 Å². The van der Waals surface area contributed by atoms with Crippen molar-refractivity contribution in [2.45, 2.75) is 31.5 Å². The van der Waals surface area contributed by atoms with Gasteiger partial charge in [-0.1, -0.05) is 6.58 Å². The first-order valence-corrected chi connectivity index (χ1v) is 14.9. The fraction of sp³-hybridized carbons (Fsp3) is 0.375. The average Bonchev–Trinajstić information content (AvgIpc) is 3.43. The Hall–Kier alpha value is -4.78. The number of aromatic nitrogens is 2. The van der Waals surface area contributed by atoms with Gasteiger partial charge in [0, 0.05) is 64.1 Å². The highest BCUT2D eigenvalue weighted by atomic mass is 19.1. The van der Waals surface area contributed by atoms with Gasteiger partial charge in [0.15, 0.2) is 0 Å². The normalized spacial score (nSPS) is 18.2. The number of carbonyl (C=O) groups excluding carboxylic acids is 2. The minimum absolute atomic E-state index is 0.156. The number of carbonyl (C=O) groups is 2. The first-order chi connectivity index (χ1) is 21.8. The highest BCUT2D eigenvalue weighted by molar-refractivity contribution is 6.02. The Kier molecular flexibility index (Phi) is 8.52. The molecule has 0 aliphatic carbocycles. The molecule has 2 saturated heterocycles. The Bertz CT molecular complexity index is 1620. The number of nitrogens with one attached hydrogen (secondary N) is 2. The lowest BCUT2D eigenvalue weighted by Crippen LogP contribution is -2.59. The maximum absolute atomic E-state index is 14.7. The number of alkyl halides is 1. The van der Waals surface area contributed by atoms with Crippen LogP contribution in [-0.4, -0.2) is 86.3 Å². The molecule has 1 unspecified atom stereocenters. The minimum Gasteiger partial charge on any atom is -0.494 e. The second-order valence-electron chi connectivity index (χ2n) is 11.5. The molecule has 2 aromatic carbocycles. The number of halogens is 2. The van der Waals surface area contributed by atoms with Gasteiger partial charge in [-0.25, -0.2) is 13.8 Å². The molecule has 11 nitrogen and oxygen atoms in total. The Morgan fingerprint density at radius 3 is 2.71 bits per heavy atom. The van der Waals surface area contributed by atoms with Crippen LogP contribution in [0.5, 0.6) is 5.75 Å². The van der Waals surface area contributed by atoms with Crippen molar-refractivity contribution in [3.05, 3.63) is 60.6 Å². The molecular formula is C32H36F2N8O3. The summed E-state index contributed by atoms with van der Waals surface area (Å²) in [5, 5.41) is 6.02. The number of fused-ring (bicyclic) bond motifs is 1. The number of aryl methyl sites for hydroxylation is 1. The molecule has 236 valence electrons. The first-order valence-electron chi connectivity index (χ1n) is 14.9. The number of benzene rings is 2. The van der Waals surface area contributed by atoms with E-state index < -0.39 is 12.0 Å². The van der Waals surface area contributed by atoms with Crippen molar-refractivity contribution in [2.75, 3.05) is 72.2 Å². The lowest BCUT2D eigenvalue weighted by atomic mass is 10.00. The molecule has 13 heteroatoms. The number of amides is 2. The van der Waals surface area contributed by atoms with Gasteiger partial charge in [-0.2, -0.15) is 4.98 Å². The van der Waals surface area contributed by atoms with Crippen LogP contribution in [0.25, 0.3) is 0 Å². The molecule has 2 amide bonds. The van der Waals surface area contributed by atoms with Gasteiger partial charge < -0.3 is 25.2 Å². The van der Waals surface area contributed by atoms with Crippen molar-refractivity contribution in [3.8, 4) is 5.75 Å². The van der Waals surface area contributed by atoms with Crippen LogP contribution >= 0.6 is 0 Å². The maximum atomic E-state index is 14.7. The van der Waals surface area contributed by atoms with Crippen molar-refractivity contribution in [1.29, 1.82) is 0 Å². The smallest absolute Gasteiger partial charge is 0.247 e. The molecular weight excluding hydrogens is 582 g/mol. The van der Waals surface area contributed by atoms with Gasteiger partial charge >= 0.3 is 0 Å². The quantitative estimate of drug-likeness (QED) is 0.253. The lowest BCUT2D eigenvalue weighted by molar-refractivity contribution is -0.112. The molecule has 4 heterocycles. The molecule has 0 saturated carbocycles. The highest BCUT2D eigenvalue weighted by Gasteiger charge is 2.37. The number of methoxy groups -OCH3 is 1. The van der Waals surface area contributed by atoms with Crippen LogP contribution in [0.1, 0.15) is 18.4 Å². The van der Waals surface area contributed by atoms with Crippen molar-refractivity contribution in [2.24, 2.45) is 0 Å². The molecule has 2 N–H and O–H groups in total. The molecule has 1 aromatic heterocycles.